The lowest BCUT2D eigenvalue weighted by Crippen LogP contribution is -2.17. The molecule has 1 amide bonds. The number of unbranched alkanes of at least 4 members (excludes halogenated alkanes) is 1. The summed E-state index contributed by atoms with van der Waals surface area (Å²) in [5.74, 6) is 1.52. The number of hydrogen-bond acceptors (Lipinski definition) is 5. The van der Waals surface area contributed by atoms with Crippen LogP contribution in [0.1, 0.15) is 30.9 Å². The van der Waals surface area contributed by atoms with Crippen LogP contribution in [0.5, 0.6) is 11.5 Å². The number of ether oxygens (including phenoxy) is 2. The minimum absolute atomic E-state index is 0.146. The van der Waals surface area contributed by atoms with Crippen LogP contribution in [-0.2, 0) is 11.4 Å². The average Bonchev–Trinajstić information content (AvgIpc) is 2.99. The van der Waals surface area contributed by atoms with Gasteiger partial charge in [0.15, 0.2) is 0 Å². The lowest BCUT2D eigenvalue weighted by molar-refractivity contribution is -0.115. The van der Waals surface area contributed by atoms with Crippen LogP contribution in [0, 0.1) is 0 Å². The first-order valence-electron chi connectivity index (χ1n) is 8.83. The molecule has 0 unspecified atom stereocenters. The molecular formula is C21H21NO3S2. The van der Waals surface area contributed by atoms with Crippen molar-refractivity contribution in [2.75, 3.05) is 6.61 Å². The van der Waals surface area contributed by atoms with E-state index in [1.807, 2.05) is 54.6 Å². The standard InChI is InChI=1S/C21H21NO3S2/c1-2-3-12-24-17-10-6-16(7-11-17)14-25-18-8-4-15(5-9-18)13-19-20(23)22-21(26)27-19/h4-11,13H,2-3,12,14H2,1H3,(H,22,23,26)/b19-13-. The third kappa shape index (κ3) is 5.84. The minimum atomic E-state index is -0.146. The highest BCUT2D eigenvalue weighted by Crippen LogP contribution is 2.26. The summed E-state index contributed by atoms with van der Waals surface area (Å²) >= 11 is 6.27. The van der Waals surface area contributed by atoms with Gasteiger partial charge >= 0.3 is 0 Å². The molecule has 2 aromatic carbocycles. The monoisotopic (exact) mass is 399 g/mol. The first-order valence-corrected chi connectivity index (χ1v) is 10.1. The highest BCUT2D eigenvalue weighted by atomic mass is 32.2. The summed E-state index contributed by atoms with van der Waals surface area (Å²) in [6.45, 7) is 3.38. The molecule has 1 fully saturated rings. The summed E-state index contributed by atoms with van der Waals surface area (Å²) in [6.07, 6.45) is 4.01. The molecule has 0 radical (unpaired) electrons. The first-order chi connectivity index (χ1) is 13.1. The molecule has 0 spiro atoms. The number of nitrogens with one attached hydrogen (secondary N) is 1. The second kappa shape index (κ2) is 9.58. The van der Waals surface area contributed by atoms with Crippen LogP contribution in [0.4, 0.5) is 0 Å². The highest BCUT2D eigenvalue weighted by molar-refractivity contribution is 8.26. The van der Waals surface area contributed by atoms with Gasteiger partial charge in [0.2, 0.25) is 0 Å². The number of hydrogen-bond donors (Lipinski definition) is 1. The number of carbonyl (C=O) groups is 1. The first kappa shape index (κ1) is 19.5. The fourth-order valence-corrected chi connectivity index (χ4v) is 3.46. The van der Waals surface area contributed by atoms with Crippen molar-refractivity contribution in [2.24, 2.45) is 0 Å². The van der Waals surface area contributed by atoms with Crippen LogP contribution in [-0.4, -0.2) is 16.8 Å². The smallest absolute Gasteiger partial charge is 0.263 e. The van der Waals surface area contributed by atoms with Crippen molar-refractivity contribution in [1.29, 1.82) is 0 Å². The lowest BCUT2D eigenvalue weighted by Gasteiger charge is -2.08. The number of thiocarbonyl (C=S) groups is 1. The number of benzene rings is 2. The van der Waals surface area contributed by atoms with Crippen molar-refractivity contribution < 1.29 is 14.3 Å². The molecular weight excluding hydrogens is 378 g/mol. The van der Waals surface area contributed by atoms with Crippen molar-refractivity contribution in [2.45, 2.75) is 26.4 Å². The van der Waals surface area contributed by atoms with E-state index < -0.39 is 0 Å². The van der Waals surface area contributed by atoms with Gasteiger partial charge in [-0.3, -0.25) is 4.79 Å². The van der Waals surface area contributed by atoms with E-state index in [2.05, 4.69) is 12.2 Å². The molecule has 1 N–H and O–H groups in total. The van der Waals surface area contributed by atoms with E-state index in [4.69, 9.17) is 21.7 Å². The molecule has 0 aromatic heterocycles. The Morgan fingerprint density at radius 3 is 2.33 bits per heavy atom. The minimum Gasteiger partial charge on any atom is -0.494 e. The van der Waals surface area contributed by atoms with E-state index in [1.165, 1.54) is 11.8 Å². The van der Waals surface area contributed by atoms with Crippen LogP contribution in [0.15, 0.2) is 53.4 Å². The average molecular weight is 400 g/mol. The van der Waals surface area contributed by atoms with Gasteiger partial charge in [-0.25, -0.2) is 0 Å². The van der Waals surface area contributed by atoms with E-state index in [0.29, 0.717) is 15.8 Å². The molecule has 1 saturated heterocycles. The number of rotatable bonds is 8. The molecule has 0 saturated carbocycles. The maximum absolute atomic E-state index is 11.7. The van der Waals surface area contributed by atoms with Gasteiger partial charge in [-0.05, 0) is 47.9 Å². The molecule has 1 heterocycles. The fourth-order valence-electron chi connectivity index (χ4n) is 2.42. The number of thioether (sulfide) groups is 1. The Hall–Kier alpha value is -2.31. The van der Waals surface area contributed by atoms with E-state index >= 15 is 0 Å². The third-order valence-electron chi connectivity index (χ3n) is 3.92. The molecule has 1 aliphatic rings. The molecule has 27 heavy (non-hydrogen) atoms. The molecule has 0 bridgehead atoms. The predicted molar refractivity (Wildman–Crippen MR) is 114 cm³/mol. The molecule has 6 heteroatoms. The topological polar surface area (TPSA) is 47.6 Å². The van der Waals surface area contributed by atoms with Gasteiger partial charge in [0.1, 0.15) is 22.4 Å². The van der Waals surface area contributed by atoms with Crippen LogP contribution >= 0.6 is 24.0 Å². The Bertz CT molecular complexity index is 830. The maximum atomic E-state index is 11.7. The maximum Gasteiger partial charge on any atom is 0.263 e. The number of amides is 1. The zero-order valence-electron chi connectivity index (χ0n) is 15.1. The molecule has 140 valence electrons. The highest BCUT2D eigenvalue weighted by Gasteiger charge is 2.21. The van der Waals surface area contributed by atoms with Gasteiger partial charge in [-0.2, -0.15) is 0 Å². The Balaban J connectivity index is 1.52. The van der Waals surface area contributed by atoms with Crippen LogP contribution < -0.4 is 14.8 Å². The van der Waals surface area contributed by atoms with E-state index in [0.717, 1.165) is 42.1 Å². The summed E-state index contributed by atoms with van der Waals surface area (Å²) in [6, 6.07) is 15.6. The quantitative estimate of drug-likeness (QED) is 0.387. The van der Waals surface area contributed by atoms with Crippen LogP contribution in [0.2, 0.25) is 0 Å². The Labute approximate surface area is 168 Å². The largest absolute Gasteiger partial charge is 0.494 e. The van der Waals surface area contributed by atoms with Crippen molar-refractivity contribution in [1.82, 2.24) is 5.32 Å². The van der Waals surface area contributed by atoms with Crippen molar-refractivity contribution >= 4 is 40.3 Å². The zero-order chi connectivity index (χ0) is 19.1. The zero-order valence-corrected chi connectivity index (χ0v) is 16.7. The lowest BCUT2D eigenvalue weighted by atomic mass is 10.2. The predicted octanol–water partition coefficient (Wildman–Crippen LogP) is 4.93. The second-order valence-electron chi connectivity index (χ2n) is 6.06. The summed E-state index contributed by atoms with van der Waals surface area (Å²) in [5, 5.41) is 2.61. The summed E-state index contributed by atoms with van der Waals surface area (Å²) in [7, 11) is 0. The van der Waals surface area contributed by atoms with Gasteiger partial charge in [0.05, 0.1) is 11.5 Å². The summed E-state index contributed by atoms with van der Waals surface area (Å²) in [5.41, 5.74) is 2.01. The van der Waals surface area contributed by atoms with Gasteiger partial charge in [-0.15, -0.1) is 0 Å². The van der Waals surface area contributed by atoms with E-state index in [9.17, 15) is 4.79 Å². The van der Waals surface area contributed by atoms with Crippen molar-refractivity contribution in [3.8, 4) is 11.5 Å². The Morgan fingerprint density at radius 1 is 1.04 bits per heavy atom. The molecule has 3 rings (SSSR count). The van der Waals surface area contributed by atoms with Crippen molar-refractivity contribution in [3.63, 3.8) is 0 Å². The fraction of sp³-hybridized carbons (Fsp3) is 0.238. The third-order valence-corrected chi connectivity index (χ3v) is 5.08. The van der Waals surface area contributed by atoms with E-state index in [-0.39, 0.29) is 5.91 Å². The molecule has 2 aromatic rings. The van der Waals surface area contributed by atoms with E-state index in [1.54, 1.807) is 0 Å². The van der Waals surface area contributed by atoms with Crippen molar-refractivity contribution in [3.05, 3.63) is 64.6 Å². The Morgan fingerprint density at radius 2 is 1.70 bits per heavy atom. The van der Waals surface area contributed by atoms with Gasteiger partial charge in [0, 0.05) is 0 Å². The van der Waals surface area contributed by atoms with Gasteiger partial charge in [-0.1, -0.05) is 61.6 Å². The SMILES string of the molecule is CCCCOc1ccc(COc2ccc(/C=C3\SC(=S)NC3=O)cc2)cc1. The molecule has 0 aliphatic carbocycles. The van der Waals surface area contributed by atoms with Crippen LogP contribution in [0.3, 0.4) is 0 Å². The normalized spacial score (nSPS) is 15.1. The molecule has 4 nitrogen and oxygen atoms in total. The Kier molecular flexibility index (Phi) is 6.90. The van der Waals surface area contributed by atoms with Crippen LogP contribution in [0.25, 0.3) is 6.08 Å². The number of carbonyl (C=O) groups excluding carboxylic acids is 1. The molecule has 1 aliphatic heterocycles. The van der Waals surface area contributed by atoms with Gasteiger partial charge < -0.3 is 14.8 Å². The molecule has 0 atom stereocenters. The summed E-state index contributed by atoms with van der Waals surface area (Å²) in [4.78, 5) is 12.3. The van der Waals surface area contributed by atoms with Gasteiger partial charge in [0.25, 0.3) is 5.91 Å². The second-order valence-corrected chi connectivity index (χ2v) is 7.77. The summed E-state index contributed by atoms with van der Waals surface area (Å²) < 4.78 is 12.0.